The minimum atomic E-state index is 0.287. The van der Waals surface area contributed by atoms with Gasteiger partial charge in [-0.05, 0) is 27.8 Å². The summed E-state index contributed by atoms with van der Waals surface area (Å²) in [5.74, 6) is 0. The Morgan fingerprint density at radius 2 is 1.86 bits per heavy atom. The van der Waals surface area contributed by atoms with Crippen LogP contribution in [0.1, 0.15) is 27.2 Å². The maximum absolute atomic E-state index is 5.39. The van der Waals surface area contributed by atoms with Crippen LogP contribution in [0.3, 0.4) is 0 Å². The standard InChI is InChI=1S/C10H15BrN2O/c1-10(2,3)4-5-14-9-12-6-8(11)7-13-9/h6-7H,4-5H2,1-3H3. The minimum Gasteiger partial charge on any atom is -0.463 e. The van der Waals surface area contributed by atoms with E-state index in [1.165, 1.54) is 0 Å². The molecule has 0 N–H and O–H groups in total. The molecule has 0 saturated heterocycles. The molecule has 4 heteroatoms. The van der Waals surface area contributed by atoms with Crippen LogP contribution in [0.25, 0.3) is 0 Å². The van der Waals surface area contributed by atoms with Gasteiger partial charge in [0.15, 0.2) is 0 Å². The number of aromatic nitrogens is 2. The van der Waals surface area contributed by atoms with Crippen LogP contribution in [-0.2, 0) is 0 Å². The largest absolute Gasteiger partial charge is 0.463 e. The molecule has 0 atom stereocenters. The topological polar surface area (TPSA) is 35.0 Å². The van der Waals surface area contributed by atoms with E-state index >= 15 is 0 Å². The predicted molar refractivity (Wildman–Crippen MR) is 59.3 cm³/mol. The molecule has 3 nitrogen and oxygen atoms in total. The summed E-state index contributed by atoms with van der Waals surface area (Å²) in [6.07, 6.45) is 4.35. The number of nitrogens with zero attached hydrogens (tertiary/aromatic N) is 2. The van der Waals surface area contributed by atoms with Gasteiger partial charge in [0.25, 0.3) is 0 Å². The predicted octanol–water partition coefficient (Wildman–Crippen LogP) is 3.05. The quantitative estimate of drug-likeness (QED) is 0.836. The van der Waals surface area contributed by atoms with E-state index in [4.69, 9.17) is 4.74 Å². The van der Waals surface area contributed by atoms with E-state index in [0.717, 1.165) is 10.9 Å². The molecular weight excluding hydrogens is 244 g/mol. The van der Waals surface area contributed by atoms with E-state index in [1.807, 2.05) is 0 Å². The van der Waals surface area contributed by atoms with Gasteiger partial charge in [-0.1, -0.05) is 20.8 Å². The fourth-order valence-corrected chi connectivity index (χ4v) is 1.03. The average Bonchev–Trinajstić information content (AvgIpc) is 2.06. The smallest absolute Gasteiger partial charge is 0.316 e. The van der Waals surface area contributed by atoms with Gasteiger partial charge in [0, 0.05) is 12.4 Å². The van der Waals surface area contributed by atoms with Gasteiger partial charge in [-0.2, -0.15) is 0 Å². The van der Waals surface area contributed by atoms with E-state index in [2.05, 4.69) is 46.7 Å². The van der Waals surface area contributed by atoms with Gasteiger partial charge in [-0.25, -0.2) is 9.97 Å². The lowest BCUT2D eigenvalue weighted by molar-refractivity contribution is 0.229. The van der Waals surface area contributed by atoms with E-state index in [0.29, 0.717) is 12.6 Å². The van der Waals surface area contributed by atoms with Gasteiger partial charge in [0.05, 0.1) is 11.1 Å². The summed E-state index contributed by atoms with van der Waals surface area (Å²) in [5.41, 5.74) is 0.287. The Labute approximate surface area is 93.0 Å². The van der Waals surface area contributed by atoms with Crippen LogP contribution in [0.15, 0.2) is 16.9 Å². The van der Waals surface area contributed by atoms with Crippen molar-refractivity contribution in [2.45, 2.75) is 27.2 Å². The molecule has 78 valence electrons. The van der Waals surface area contributed by atoms with Gasteiger partial charge in [0.1, 0.15) is 0 Å². The van der Waals surface area contributed by atoms with E-state index in [-0.39, 0.29) is 5.41 Å². The molecule has 1 aromatic rings. The average molecular weight is 259 g/mol. The van der Waals surface area contributed by atoms with Crippen molar-refractivity contribution in [2.24, 2.45) is 5.41 Å². The van der Waals surface area contributed by atoms with E-state index < -0.39 is 0 Å². The first-order valence-corrected chi connectivity index (χ1v) is 5.37. The zero-order valence-corrected chi connectivity index (χ0v) is 10.3. The Hall–Kier alpha value is -0.640. The van der Waals surface area contributed by atoms with Crippen molar-refractivity contribution in [3.63, 3.8) is 0 Å². The molecule has 0 amide bonds. The maximum atomic E-state index is 5.39. The van der Waals surface area contributed by atoms with Crippen LogP contribution >= 0.6 is 15.9 Å². The summed E-state index contributed by atoms with van der Waals surface area (Å²) in [4.78, 5) is 8.04. The number of hydrogen-bond acceptors (Lipinski definition) is 3. The molecule has 0 aliphatic carbocycles. The van der Waals surface area contributed by atoms with Crippen LogP contribution in [0.5, 0.6) is 6.01 Å². The second-order valence-electron chi connectivity index (χ2n) is 4.34. The highest BCUT2D eigenvalue weighted by Crippen LogP contribution is 2.18. The SMILES string of the molecule is CC(C)(C)CCOc1ncc(Br)cn1. The molecule has 0 radical (unpaired) electrons. The molecule has 0 fully saturated rings. The monoisotopic (exact) mass is 258 g/mol. The number of hydrogen-bond donors (Lipinski definition) is 0. The second-order valence-corrected chi connectivity index (χ2v) is 5.26. The van der Waals surface area contributed by atoms with Crippen LogP contribution in [0.4, 0.5) is 0 Å². The summed E-state index contributed by atoms with van der Waals surface area (Å²) in [7, 11) is 0. The zero-order chi connectivity index (χ0) is 10.6. The normalized spacial score (nSPS) is 11.4. The number of ether oxygens (including phenoxy) is 1. The summed E-state index contributed by atoms with van der Waals surface area (Å²) in [6.45, 7) is 7.20. The Bertz CT molecular complexity index is 279. The summed E-state index contributed by atoms with van der Waals surface area (Å²) in [5, 5.41) is 0. The van der Waals surface area contributed by atoms with Crippen molar-refractivity contribution < 1.29 is 4.74 Å². The third-order valence-corrected chi connectivity index (χ3v) is 2.09. The van der Waals surface area contributed by atoms with Gasteiger partial charge < -0.3 is 4.74 Å². The van der Waals surface area contributed by atoms with E-state index in [9.17, 15) is 0 Å². The molecule has 1 aromatic heterocycles. The molecule has 0 aliphatic rings. The fraction of sp³-hybridized carbons (Fsp3) is 0.600. The molecule has 14 heavy (non-hydrogen) atoms. The first-order chi connectivity index (χ1) is 6.47. The lowest BCUT2D eigenvalue weighted by Crippen LogP contribution is -2.11. The number of halogens is 1. The summed E-state index contributed by atoms with van der Waals surface area (Å²) < 4.78 is 6.26. The van der Waals surface area contributed by atoms with Crippen LogP contribution in [-0.4, -0.2) is 16.6 Å². The van der Waals surface area contributed by atoms with Crippen LogP contribution < -0.4 is 4.74 Å². The van der Waals surface area contributed by atoms with Gasteiger partial charge in [0.2, 0.25) is 0 Å². The minimum absolute atomic E-state index is 0.287. The Morgan fingerprint density at radius 3 is 2.36 bits per heavy atom. The third kappa shape index (κ3) is 4.56. The molecule has 1 rings (SSSR count). The van der Waals surface area contributed by atoms with Gasteiger partial charge >= 0.3 is 6.01 Å². The fourth-order valence-electron chi connectivity index (χ4n) is 0.823. The summed E-state index contributed by atoms with van der Waals surface area (Å²) >= 11 is 3.26. The van der Waals surface area contributed by atoms with Crippen LogP contribution in [0, 0.1) is 5.41 Å². The summed E-state index contributed by atoms with van der Waals surface area (Å²) in [6, 6.07) is 0.442. The highest BCUT2D eigenvalue weighted by molar-refractivity contribution is 9.10. The Balaban J connectivity index is 2.35. The molecule has 0 spiro atoms. The first kappa shape index (κ1) is 11.4. The Kier molecular flexibility index (Phi) is 3.86. The number of rotatable bonds is 3. The highest BCUT2D eigenvalue weighted by atomic mass is 79.9. The molecule has 0 aromatic carbocycles. The molecule has 0 bridgehead atoms. The molecule has 0 saturated carbocycles. The van der Waals surface area contributed by atoms with Crippen molar-refractivity contribution in [1.29, 1.82) is 0 Å². The maximum Gasteiger partial charge on any atom is 0.316 e. The van der Waals surface area contributed by atoms with Crippen molar-refractivity contribution in [3.05, 3.63) is 16.9 Å². The molecule has 0 aliphatic heterocycles. The lowest BCUT2D eigenvalue weighted by atomic mass is 9.93. The van der Waals surface area contributed by atoms with Crippen molar-refractivity contribution in [1.82, 2.24) is 9.97 Å². The van der Waals surface area contributed by atoms with Crippen molar-refractivity contribution in [3.8, 4) is 6.01 Å². The highest BCUT2D eigenvalue weighted by Gasteiger charge is 2.10. The zero-order valence-electron chi connectivity index (χ0n) is 8.75. The molecule has 1 heterocycles. The van der Waals surface area contributed by atoms with Crippen molar-refractivity contribution in [2.75, 3.05) is 6.61 Å². The van der Waals surface area contributed by atoms with Gasteiger partial charge in [-0.15, -0.1) is 0 Å². The van der Waals surface area contributed by atoms with E-state index in [1.54, 1.807) is 12.4 Å². The van der Waals surface area contributed by atoms with Crippen molar-refractivity contribution >= 4 is 15.9 Å². The second kappa shape index (κ2) is 4.73. The molecular formula is C10H15BrN2O. The van der Waals surface area contributed by atoms with Gasteiger partial charge in [-0.3, -0.25) is 0 Å². The van der Waals surface area contributed by atoms with Crippen LogP contribution in [0.2, 0.25) is 0 Å². The lowest BCUT2D eigenvalue weighted by Gasteiger charge is -2.17. The third-order valence-electron chi connectivity index (χ3n) is 1.68. The molecule has 0 unspecified atom stereocenters. The first-order valence-electron chi connectivity index (χ1n) is 4.58. The Morgan fingerprint density at radius 1 is 1.29 bits per heavy atom.